The summed E-state index contributed by atoms with van der Waals surface area (Å²) >= 11 is 0. The van der Waals surface area contributed by atoms with Crippen LogP contribution in [0.3, 0.4) is 0 Å². The quantitative estimate of drug-likeness (QED) is 0.554. The molecule has 0 unspecified atom stereocenters. The third kappa shape index (κ3) is 3.06. The summed E-state index contributed by atoms with van der Waals surface area (Å²) in [4.78, 5) is 23.0. The van der Waals surface area contributed by atoms with Crippen molar-refractivity contribution in [2.75, 3.05) is 11.9 Å². The molecule has 1 amide bonds. The number of benzene rings is 1. The molecular formula is C12H13NO2. The molecule has 0 aliphatic heterocycles. The van der Waals surface area contributed by atoms with Crippen molar-refractivity contribution in [3.8, 4) is 0 Å². The van der Waals surface area contributed by atoms with Crippen LogP contribution in [0.4, 0.5) is 5.69 Å². The SMILES string of the molecule is Cc1ccc(N(C)C(=O)/C=C\C=O)cc1. The van der Waals surface area contributed by atoms with Gasteiger partial charge in [0.15, 0.2) is 0 Å². The smallest absolute Gasteiger partial charge is 0.250 e. The topological polar surface area (TPSA) is 37.4 Å². The maximum atomic E-state index is 11.5. The highest BCUT2D eigenvalue weighted by atomic mass is 16.2. The summed E-state index contributed by atoms with van der Waals surface area (Å²) in [5.41, 5.74) is 1.95. The largest absolute Gasteiger partial charge is 0.312 e. The minimum atomic E-state index is -0.217. The molecule has 78 valence electrons. The van der Waals surface area contributed by atoms with Crippen LogP contribution in [0, 0.1) is 6.92 Å². The second kappa shape index (κ2) is 5.10. The average molecular weight is 203 g/mol. The van der Waals surface area contributed by atoms with Crippen molar-refractivity contribution in [1.82, 2.24) is 0 Å². The third-order valence-corrected chi connectivity index (χ3v) is 2.07. The predicted molar refractivity (Wildman–Crippen MR) is 59.8 cm³/mol. The maximum Gasteiger partial charge on any atom is 0.250 e. The first kappa shape index (κ1) is 11.2. The lowest BCUT2D eigenvalue weighted by atomic mass is 10.2. The van der Waals surface area contributed by atoms with Crippen LogP contribution < -0.4 is 4.90 Å². The Bertz CT molecular complexity index is 379. The zero-order valence-electron chi connectivity index (χ0n) is 8.81. The van der Waals surface area contributed by atoms with E-state index in [-0.39, 0.29) is 5.91 Å². The monoisotopic (exact) mass is 203 g/mol. The van der Waals surface area contributed by atoms with Gasteiger partial charge in [-0.1, -0.05) is 17.7 Å². The van der Waals surface area contributed by atoms with E-state index in [1.807, 2.05) is 31.2 Å². The number of allylic oxidation sites excluding steroid dienone is 1. The van der Waals surface area contributed by atoms with Gasteiger partial charge in [0.1, 0.15) is 6.29 Å². The molecule has 1 rings (SSSR count). The molecule has 0 atom stereocenters. The summed E-state index contributed by atoms with van der Waals surface area (Å²) in [6.07, 6.45) is 3.01. The van der Waals surface area contributed by atoms with Gasteiger partial charge in [0, 0.05) is 18.8 Å². The van der Waals surface area contributed by atoms with E-state index in [4.69, 9.17) is 0 Å². The lowest BCUT2D eigenvalue weighted by Gasteiger charge is -2.15. The lowest BCUT2D eigenvalue weighted by Crippen LogP contribution is -2.23. The van der Waals surface area contributed by atoms with Crippen LogP contribution in [0.1, 0.15) is 5.56 Å². The van der Waals surface area contributed by atoms with E-state index < -0.39 is 0 Å². The molecule has 3 nitrogen and oxygen atoms in total. The summed E-state index contributed by atoms with van der Waals surface area (Å²) in [5, 5.41) is 0. The summed E-state index contributed by atoms with van der Waals surface area (Å²) in [6, 6.07) is 7.59. The Morgan fingerprint density at radius 2 is 1.87 bits per heavy atom. The van der Waals surface area contributed by atoms with Gasteiger partial charge in [-0.15, -0.1) is 0 Å². The van der Waals surface area contributed by atoms with Crippen LogP contribution in [-0.4, -0.2) is 19.2 Å². The summed E-state index contributed by atoms with van der Waals surface area (Å²) in [7, 11) is 1.67. The van der Waals surface area contributed by atoms with Gasteiger partial charge in [0.25, 0.3) is 5.91 Å². The van der Waals surface area contributed by atoms with Crippen LogP contribution in [0.5, 0.6) is 0 Å². The normalized spacial score (nSPS) is 10.3. The Hall–Kier alpha value is -1.90. The van der Waals surface area contributed by atoms with Crippen molar-refractivity contribution in [3.05, 3.63) is 42.0 Å². The molecule has 0 aromatic heterocycles. The molecule has 0 spiro atoms. The highest BCUT2D eigenvalue weighted by molar-refractivity contribution is 6.02. The summed E-state index contributed by atoms with van der Waals surface area (Å²) in [5.74, 6) is -0.217. The first-order chi connectivity index (χ1) is 7.15. The Labute approximate surface area is 89.0 Å². The number of rotatable bonds is 3. The van der Waals surface area contributed by atoms with Gasteiger partial charge in [-0.05, 0) is 25.1 Å². The summed E-state index contributed by atoms with van der Waals surface area (Å²) in [6.45, 7) is 1.98. The van der Waals surface area contributed by atoms with Crippen LogP contribution in [0.2, 0.25) is 0 Å². The fourth-order valence-corrected chi connectivity index (χ4v) is 1.13. The van der Waals surface area contributed by atoms with Crippen molar-refractivity contribution < 1.29 is 9.59 Å². The van der Waals surface area contributed by atoms with Gasteiger partial charge >= 0.3 is 0 Å². The standard InChI is InChI=1S/C12H13NO2/c1-10-5-7-11(8-6-10)13(2)12(15)4-3-9-14/h3-9H,1-2H3/b4-3-. The number of carbonyl (C=O) groups excluding carboxylic acids is 2. The molecule has 0 saturated carbocycles. The predicted octanol–water partition coefficient (Wildman–Crippen LogP) is 1.71. The molecule has 0 heterocycles. The molecule has 0 bridgehead atoms. The average Bonchev–Trinajstić information content (AvgIpc) is 2.26. The molecule has 3 heteroatoms. The summed E-state index contributed by atoms with van der Waals surface area (Å²) < 4.78 is 0. The highest BCUT2D eigenvalue weighted by Crippen LogP contribution is 2.13. The second-order valence-corrected chi connectivity index (χ2v) is 3.23. The van der Waals surface area contributed by atoms with Crippen LogP contribution in [0.15, 0.2) is 36.4 Å². The molecule has 0 aliphatic carbocycles. The number of likely N-dealkylation sites (N-methyl/N-ethyl adjacent to an activating group) is 1. The van der Waals surface area contributed by atoms with Crippen LogP contribution >= 0.6 is 0 Å². The molecule has 1 aromatic carbocycles. The van der Waals surface area contributed by atoms with E-state index in [1.165, 1.54) is 17.1 Å². The molecule has 0 fully saturated rings. The fourth-order valence-electron chi connectivity index (χ4n) is 1.13. The van der Waals surface area contributed by atoms with Gasteiger partial charge in [-0.3, -0.25) is 9.59 Å². The Balaban J connectivity index is 2.80. The zero-order chi connectivity index (χ0) is 11.3. The lowest BCUT2D eigenvalue weighted by molar-refractivity contribution is -0.114. The second-order valence-electron chi connectivity index (χ2n) is 3.23. The van der Waals surface area contributed by atoms with Crippen molar-refractivity contribution >= 4 is 17.9 Å². The van der Waals surface area contributed by atoms with E-state index in [2.05, 4.69) is 0 Å². The third-order valence-electron chi connectivity index (χ3n) is 2.07. The van der Waals surface area contributed by atoms with E-state index in [1.54, 1.807) is 7.05 Å². The minimum Gasteiger partial charge on any atom is -0.312 e. The molecule has 0 saturated heterocycles. The number of hydrogen-bond donors (Lipinski definition) is 0. The van der Waals surface area contributed by atoms with Gasteiger partial charge in [-0.2, -0.15) is 0 Å². The van der Waals surface area contributed by atoms with Crippen LogP contribution in [0.25, 0.3) is 0 Å². The van der Waals surface area contributed by atoms with Crippen molar-refractivity contribution in [3.63, 3.8) is 0 Å². The Morgan fingerprint density at radius 1 is 1.27 bits per heavy atom. The van der Waals surface area contributed by atoms with Crippen LogP contribution in [-0.2, 0) is 9.59 Å². The van der Waals surface area contributed by atoms with Crippen molar-refractivity contribution in [2.24, 2.45) is 0 Å². The first-order valence-corrected chi connectivity index (χ1v) is 4.61. The molecular weight excluding hydrogens is 190 g/mol. The zero-order valence-corrected chi connectivity index (χ0v) is 8.81. The number of nitrogens with zero attached hydrogens (tertiary/aromatic N) is 1. The van der Waals surface area contributed by atoms with E-state index in [0.717, 1.165) is 11.3 Å². The maximum absolute atomic E-state index is 11.5. The number of carbonyl (C=O) groups is 2. The number of aldehydes is 1. The van der Waals surface area contributed by atoms with Gasteiger partial charge in [0.05, 0.1) is 0 Å². The van der Waals surface area contributed by atoms with E-state index in [0.29, 0.717) is 6.29 Å². The van der Waals surface area contributed by atoms with Crippen molar-refractivity contribution in [2.45, 2.75) is 6.92 Å². The molecule has 0 aliphatic rings. The first-order valence-electron chi connectivity index (χ1n) is 4.61. The molecule has 1 aromatic rings. The molecule has 15 heavy (non-hydrogen) atoms. The molecule has 0 N–H and O–H groups in total. The van der Waals surface area contributed by atoms with Gasteiger partial charge in [-0.25, -0.2) is 0 Å². The number of anilines is 1. The van der Waals surface area contributed by atoms with E-state index >= 15 is 0 Å². The number of aryl methyl sites for hydroxylation is 1. The van der Waals surface area contributed by atoms with E-state index in [9.17, 15) is 9.59 Å². The number of hydrogen-bond acceptors (Lipinski definition) is 2. The number of amides is 1. The fraction of sp³-hybridized carbons (Fsp3) is 0.167. The van der Waals surface area contributed by atoms with Gasteiger partial charge < -0.3 is 4.90 Å². The Morgan fingerprint density at radius 3 is 2.40 bits per heavy atom. The van der Waals surface area contributed by atoms with Crippen molar-refractivity contribution in [1.29, 1.82) is 0 Å². The van der Waals surface area contributed by atoms with Gasteiger partial charge in [0.2, 0.25) is 0 Å². The molecule has 0 radical (unpaired) electrons. The minimum absolute atomic E-state index is 0.217. The Kier molecular flexibility index (Phi) is 3.80. The highest BCUT2D eigenvalue weighted by Gasteiger charge is 2.06.